The molecule has 0 saturated carbocycles. The van der Waals surface area contributed by atoms with Gasteiger partial charge in [-0.2, -0.15) is 0 Å². The first-order valence-electron chi connectivity index (χ1n) is 14.7. The monoisotopic (exact) mass is 551 g/mol. The summed E-state index contributed by atoms with van der Waals surface area (Å²) in [5, 5.41) is 4.72. The van der Waals surface area contributed by atoms with E-state index < -0.39 is 0 Å². The third-order valence-electron chi connectivity index (χ3n) is 8.75. The maximum atomic E-state index is 6.87. The predicted octanol–water partition coefficient (Wildman–Crippen LogP) is 8.50. The van der Waals surface area contributed by atoms with Crippen molar-refractivity contribution in [2.75, 3.05) is 4.90 Å². The van der Waals surface area contributed by atoms with Crippen molar-refractivity contribution >= 4 is 61.7 Å². The number of hydrogen-bond acceptors (Lipinski definition) is 3. The van der Waals surface area contributed by atoms with E-state index in [0.29, 0.717) is 0 Å². The summed E-state index contributed by atoms with van der Waals surface area (Å²) >= 11 is 0. The Morgan fingerprint density at radius 1 is 0.488 bits per heavy atom. The first-order valence-corrected chi connectivity index (χ1v) is 14.7. The fourth-order valence-electron chi connectivity index (χ4n) is 6.93. The highest BCUT2D eigenvalue weighted by Gasteiger charge is 2.42. The van der Waals surface area contributed by atoms with Crippen molar-refractivity contribution in [3.05, 3.63) is 145 Å². The number of hydrogen-bond donors (Lipinski definition) is 0. The van der Waals surface area contributed by atoms with Gasteiger partial charge in [0.15, 0.2) is 0 Å². The van der Waals surface area contributed by atoms with Crippen LogP contribution in [-0.2, 0) is 0 Å². The molecule has 7 aromatic carbocycles. The van der Waals surface area contributed by atoms with Gasteiger partial charge in [-0.3, -0.25) is 0 Å². The van der Waals surface area contributed by atoms with E-state index in [4.69, 9.17) is 9.47 Å². The Hall–Kier alpha value is -5.48. The Morgan fingerprint density at radius 2 is 1.02 bits per heavy atom. The lowest BCUT2D eigenvalue weighted by atomic mass is 9.34. The van der Waals surface area contributed by atoms with Crippen LogP contribution in [0.4, 0.5) is 17.1 Å². The third-order valence-corrected chi connectivity index (χ3v) is 8.75. The number of anilines is 3. The van der Waals surface area contributed by atoms with E-state index in [2.05, 4.69) is 151 Å². The number of rotatable bonds is 3. The highest BCUT2D eigenvalue weighted by Crippen LogP contribution is 2.44. The van der Waals surface area contributed by atoms with Crippen molar-refractivity contribution in [1.82, 2.24) is 0 Å². The number of aryl methyl sites for hydroxylation is 1. The van der Waals surface area contributed by atoms with Crippen LogP contribution in [0.1, 0.15) is 5.56 Å². The molecule has 0 amide bonds. The molecule has 0 saturated heterocycles. The first-order chi connectivity index (χ1) is 21.2. The molecule has 2 aliphatic rings. The van der Waals surface area contributed by atoms with Gasteiger partial charge in [0.2, 0.25) is 0 Å². The third kappa shape index (κ3) is 3.70. The zero-order valence-corrected chi connectivity index (χ0v) is 23.6. The van der Waals surface area contributed by atoms with Gasteiger partial charge >= 0.3 is 0 Å². The van der Waals surface area contributed by atoms with Crippen LogP contribution in [0, 0.1) is 6.92 Å². The van der Waals surface area contributed by atoms with Gasteiger partial charge in [0.05, 0.1) is 5.69 Å². The van der Waals surface area contributed by atoms with E-state index in [1.54, 1.807) is 0 Å². The molecule has 2 heterocycles. The van der Waals surface area contributed by atoms with Crippen LogP contribution < -0.4 is 30.8 Å². The van der Waals surface area contributed by atoms with Crippen LogP contribution in [0.3, 0.4) is 0 Å². The van der Waals surface area contributed by atoms with Crippen LogP contribution in [0.15, 0.2) is 140 Å². The SMILES string of the molecule is Cc1cc2c3c(c1)Oc1cc(N(c4ccccc4)c4ccccc4)c4ccccc4c1B3c1cc3ccccc3cc1O2. The molecule has 3 nitrogen and oxygen atoms in total. The number of fused-ring (bicyclic) bond motifs is 7. The van der Waals surface area contributed by atoms with Crippen LogP contribution in [-0.4, -0.2) is 6.71 Å². The van der Waals surface area contributed by atoms with Gasteiger partial charge in [0.1, 0.15) is 23.0 Å². The molecule has 0 spiro atoms. The van der Waals surface area contributed by atoms with Crippen LogP contribution >= 0.6 is 0 Å². The minimum atomic E-state index is -0.0245. The Morgan fingerprint density at radius 3 is 1.70 bits per heavy atom. The zero-order valence-electron chi connectivity index (χ0n) is 23.6. The molecule has 2 aliphatic heterocycles. The first kappa shape index (κ1) is 24.2. The van der Waals surface area contributed by atoms with E-state index in [-0.39, 0.29) is 6.71 Å². The summed E-state index contributed by atoms with van der Waals surface area (Å²) < 4.78 is 13.5. The highest BCUT2D eigenvalue weighted by atomic mass is 16.5. The molecule has 0 bridgehead atoms. The summed E-state index contributed by atoms with van der Waals surface area (Å²) in [5.41, 5.74) is 7.82. The molecule has 0 radical (unpaired) electrons. The topological polar surface area (TPSA) is 21.7 Å². The van der Waals surface area contributed by atoms with Gasteiger partial charge in [-0.05, 0) is 82.0 Å². The van der Waals surface area contributed by atoms with Crippen molar-refractivity contribution in [3.8, 4) is 23.0 Å². The molecule has 0 unspecified atom stereocenters. The van der Waals surface area contributed by atoms with E-state index in [9.17, 15) is 0 Å². The fourth-order valence-corrected chi connectivity index (χ4v) is 6.93. The van der Waals surface area contributed by atoms with Crippen molar-refractivity contribution in [1.29, 1.82) is 0 Å². The molecule has 43 heavy (non-hydrogen) atoms. The average Bonchev–Trinajstić information content (AvgIpc) is 3.04. The van der Waals surface area contributed by atoms with Gasteiger partial charge in [0, 0.05) is 28.3 Å². The molecule has 7 aromatic rings. The van der Waals surface area contributed by atoms with Crippen molar-refractivity contribution in [3.63, 3.8) is 0 Å². The summed E-state index contributed by atoms with van der Waals surface area (Å²) in [6.07, 6.45) is 0. The Kier molecular flexibility index (Phi) is 5.21. The van der Waals surface area contributed by atoms with Gasteiger partial charge in [0.25, 0.3) is 6.71 Å². The summed E-state index contributed by atoms with van der Waals surface area (Å²) in [5.74, 6) is 3.51. The molecular weight excluding hydrogens is 525 g/mol. The molecular formula is C39H26BNO2. The smallest absolute Gasteiger partial charge is 0.261 e. The van der Waals surface area contributed by atoms with Crippen LogP contribution in [0.5, 0.6) is 23.0 Å². The van der Waals surface area contributed by atoms with E-state index in [1.807, 2.05) is 0 Å². The summed E-state index contributed by atoms with van der Waals surface area (Å²) in [6.45, 7) is 2.08. The second kappa shape index (κ2) is 9.27. The van der Waals surface area contributed by atoms with Gasteiger partial charge < -0.3 is 14.4 Å². The van der Waals surface area contributed by atoms with E-state index in [0.717, 1.165) is 51.1 Å². The van der Waals surface area contributed by atoms with Crippen LogP contribution in [0.2, 0.25) is 0 Å². The lowest BCUT2D eigenvalue weighted by Gasteiger charge is -2.35. The Balaban J connectivity index is 1.36. The molecule has 0 fully saturated rings. The van der Waals surface area contributed by atoms with Gasteiger partial charge in [-0.1, -0.05) is 91.0 Å². The van der Waals surface area contributed by atoms with E-state index >= 15 is 0 Å². The molecule has 9 rings (SSSR count). The van der Waals surface area contributed by atoms with Crippen molar-refractivity contribution in [2.45, 2.75) is 6.92 Å². The largest absolute Gasteiger partial charge is 0.458 e. The Labute approximate surface area is 250 Å². The summed E-state index contributed by atoms with van der Waals surface area (Å²) in [4.78, 5) is 2.33. The second-order valence-corrected chi connectivity index (χ2v) is 11.4. The molecule has 0 aliphatic carbocycles. The molecule has 0 N–H and O–H groups in total. The Bertz CT molecular complexity index is 2170. The second-order valence-electron chi connectivity index (χ2n) is 11.4. The maximum Gasteiger partial charge on any atom is 0.261 e. The molecule has 0 atom stereocenters. The number of benzene rings is 7. The minimum Gasteiger partial charge on any atom is -0.458 e. The van der Waals surface area contributed by atoms with Gasteiger partial charge in [-0.15, -0.1) is 0 Å². The summed E-state index contributed by atoms with van der Waals surface area (Å²) in [7, 11) is 0. The molecule has 0 aromatic heterocycles. The van der Waals surface area contributed by atoms with Gasteiger partial charge in [-0.25, -0.2) is 0 Å². The van der Waals surface area contributed by atoms with Crippen LogP contribution in [0.25, 0.3) is 21.5 Å². The maximum absolute atomic E-state index is 6.87. The molecule has 202 valence electrons. The van der Waals surface area contributed by atoms with Crippen molar-refractivity contribution in [2.24, 2.45) is 0 Å². The summed E-state index contributed by atoms with van der Waals surface area (Å²) in [6, 6.07) is 49.4. The van der Waals surface area contributed by atoms with Crippen molar-refractivity contribution < 1.29 is 9.47 Å². The highest BCUT2D eigenvalue weighted by molar-refractivity contribution is 6.99. The average molecular weight is 551 g/mol. The number of nitrogens with zero attached hydrogens (tertiary/aromatic N) is 1. The number of ether oxygens (including phenoxy) is 2. The zero-order chi connectivity index (χ0) is 28.5. The lowest BCUT2D eigenvalue weighted by molar-refractivity contribution is 0.464. The van der Waals surface area contributed by atoms with E-state index in [1.165, 1.54) is 32.5 Å². The quantitative estimate of drug-likeness (QED) is 0.206. The fraction of sp³-hybridized carbons (Fsp3) is 0.0256. The molecule has 4 heteroatoms. The standard InChI is InChI=1S/C39H26BNO2/c1-25-20-35-39-36(21-25)43-37-24-33(41(28-14-4-2-5-15-28)29-16-6-3-7-17-29)30-18-10-11-19-31(30)38(37)40(39)32-22-26-12-8-9-13-27(26)23-34(32)42-35/h2-24H,1H3. The number of para-hydroxylation sites is 2. The minimum absolute atomic E-state index is 0.0245. The lowest BCUT2D eigenvalue weighted by Crippen LogP contribution is -2.57. The normalized spacial score (nSPS) is 12.6. The predicted molar refractivity (Wildman–Crippen MR) is 179 cm³/mol.